The molecule has 1 aliphatic rings. The molecular formula is C22H31ClN8O7S. The van der Waals surface area contributed by atoms with Gasteiger partial charge in [-0.3, -0.25) is 14.9 Å². The average Bonchev–Trinajstić information content (AvgIpc) is 3.11. The summed E-state index contributed by atoms with van der Waals surface area (Å²) in [5, 5.41) is 14.6. The Hall–Kier alpha value is -3.62. The van der Waals surface area contributed by atoms with Crippen LogP contribution in [0.2, 0.25) is 4.34 Å². The molecule has 0 radical (unpaired) electrons. The summed E-state index contributed by atoms with van der Waals surface area (Å²) in [5.41, 5.74) is 4.62. The fraction of sp³-hybridized carbons (Fsp3) is 0.636. The van der Waals surface area contributed by atoms with Crippen LogP contribution in [-0.2, 0) is 28.7 Å². The van der Waals surface area contributed by atoms with Gasteiger partial charge < -0.3 is 24.9 Å². The highest BCUT2D eigenvalue weighted by atomic mass is 35.5. The summed E-state index contributed by atoms with van der Waals surface area (Å²) < 4.78 is 10.5. The lowest BCUT2D eigenvalue weighted by Gasteiger charge is -2.36. The van der Waals surface area contributed by atoms with Crippen molar-refractivity contribution >= 4 is 57.7 Å². The second kappa shape index (κ2) is 12.1. The van der Waals surface area contributed by atoms with Crippen molar-refractivity contribution in [2.45, 2.75) is 84.3 Å². The van der Waals surface area contributed by atoms with Gasteiger partial charge in [-0.05, 0) is 60.9 Å². The Morgan fingerprint density at radius 3 is 2.28 bits per heavy atom. The van der Waals surface area contributed by atoms with Crippen molar-refractivity contribution in [3.8, 4) is 0 Å². The molecule has 3 N–H and O–H groups in total. The third-order valence-electron chi connectivity index (χ3n) is 4.53. The largest absolute Gasteiger partial charge is 0.457 e. The van der Waals surface area contributed by atoms with Crippen molar-refractivity contribution in [2.24, 2.45) is 10.3 Å². The van der Waals surface area contributed by atoms with Crippen LogP contribution in [0.25, 0.3) is 10.4 Å². The fourth-order valence-corrected chi connectivity index (χ4v) is 3.81. The fourth-order valence-electron chi connectivity index (χ4n) is 2.78. The van der Waals surface area contributed by atoms with E-state index in [9.17, 15) is 19.2 Å². The first kappa shape index (κ1) is 31.6. The van der Waals surface area contributed by atoms with Crippen molar-refractivity contribution in [1.82, 2.24) is 15.6 Å². The summed E-state index contributed by atoms with van der Waals surface area (Å²) in [6, 6.07) is -1.71. The number of β-lactam (4-membered cyclic amide) rings is 1. The Balaban J connectivity index is 2.39. The molecule has 0 bridgehead atoms. The van der Waals surface area contributed by atoms with Crippen LogP contribution in [0, 0.1) is 0 Å². The lowest BCUT2D eigenvalue weighted by atomic mass is 9.99. The van der Waals surface area contributed by atoms with Crippen LogP contribution in [0.1, 0.15) is 61.1 Å². The molecule has 0 aliphatic carbocycles. The molecule has 1 aliphatic heterocycles. The summed E-state index contributed by atoms with van der Waals surface area (Å²) in [6.07, 6.45) is -0.809. The highest BCUT2D eigenvalue weighted by Crippen LogP contribution is 2.30. The number of carbonyl (C=O) groups excluding carboxylic acids is 4. The van der Waals surface area contributed by atoms with E-state index in [-0.39, 0.29) is 21.7 Å². The Labute approximate surface area is 233 Å². The zero-order chi connectivity index (χ0) is 29.8. The molecule has 1 aromatic rings. The van der Waals surface area contributed by atoms with Gasteiger partial charge in [-0.1, -0.05) is 33.2 Å². The third kappa shape index (κ3) is 9.26. The number of halogens is 1. The second-order valence-electron chi connectivity index (χ2n) is 10.8. The molecule has 1 saturated heterocycles. The number of anilines is 1. The first-order valence-electron chi connectivity index (χ1n) is 11.6. The number of nitrogens with one attached hydrogen (secondary N) is 3. The monoisotopic (exact) mass is 586 g/mol. The number of oxime groups is 1. The van der Waals surface area contributed by atoms with Gasteiger partial charge in [-0.25, -0.2) is 14.6 Å². The maximum absolute atomic E-state index is 13.3. The molecule has 1 aromatic heterocycles. The molecule has 39 heavy (non-hydrogen) atoms. The van der Waals surface area contributed by atoms with E-state index in [1.54, 1.807) is 41.5 Å². The van der Waals surface area contributed by atoms with E-state index in [0.717, 1.165) is 11.3 Å². The molecule has 214 valence electrons. The smallest absolute Gasteiger partial charge is 0.413 e. The van der Waals surface area contributed by atoms with Gasteiger partial charge in [0.05, 0.1) is 6.04 Å². The zero-order valence-corrected chi connectivity index (χ0v) is 24.3. The van der Waals surface area contributed by atoms with Gasteiger partial charge in [0.15, 0.2) is 10.8 Å². The van der Waals surface area contributed by atoms with Crippen LogP contribution in [0.15, 0.2) is 10.3 Å². The van der Waals surface area contributed by atoms with E-state index in [2.05, 4.69) is 36.1 Å². The van der Waals surface area contributed by atoms with Crippen LogP contribution in [0.3, 0.4) is 0 Å². The number of azide groups is 1. The molecule has 2 heterocycles. The van der Waals surface area contributed by atoms with E-state index in [1.165, 1.54) is 13.8 Å². The summed E-state index contributed by atoms with van der Waals surface area (Å²) in [6.45, 7) is 12.7. The predicted molar refractivity (Wildman–Crippen MR) is 142 cm³/mol. The number of thiazole rings is 1. The van der Waals surface area contributed by atoms with E-state index in [4.69, 9.17) is 31.4 Å². The van der Waals surface area contributed by atoms with Crippen LogP contribution < -0.4 is 16.0 Å². The van der Waals surface area contributed by atoms with Gasteiger partial charge in [-0.2, -0.15) is 0 Å². The molecular weight excluding hydrogens is 556 g/mol. The van der Waals surface area contributed by atoms with Gasteiger partial charge in [0.25, 0.3) is 5.91 Å². The Bertz CT molecular complexity index is 1210. The molecule has 0 saturated carbocycles. The quantitative estimate of drug-likeness (QED) is 0.0742. The van der Waals surface area contributed by atoms with Crippen LogP contribution in [-0.4, -0.2) is 70.0 Å². The van der Waals surface area contributed by atoms with Crippen LogP contribution in [0.4, 0.5) is 9.93 Å². The maximum atomic E-state index is 13.3. The lowest BCUT2D eigenvalue weighted by Crippen LogP contribution is -2.70. The van der Waals surface area contributed by atoms with Crippen molar-refractivity contribution in [1.29, 1.82) is 0 Å². The summed E-state index contributed by atoms with van der Waals surface area (Å²) >= 11 is 7.14. The minimum Gasteiger partial charge on any atom is -0.457 e. The van der Waals surface area contributed by atoms with E-state index in [1.807, 2.05) is 0 Å². The molecule has 0 spiro atoms. The predicted octanol–water partition coefficient (Wildman–Crippen LogP) is 3.28. The first-order chi connectivity index (χ1) is 17.8. The zero-order valence-electron chi connectivity index (χ0n) is 22.7. The van der Waals surface area contributed by atoms with Crippen molar-refractivity contribution < 1.29 is 33.5 Å². The number of amides is 3. The highest BCUT2D eigenvalue weighted by molar-refractivity contribution is 7.20. The summed E-state index contributed by atoms with van der Waals surface area (Å²) in [5.74, 6) is -2.22. The van der Waals surface area contributed by atoms with Crippen molar-refractivity contribution in [3.63, 3.8) is 0 Å². The van der Waals surface area contributed by atoms with E-state index < -0.39 is 58.5 Å². The second-order valence-corrected chi connectivity index (χ2v) is 12.4. The maximum Gasteiger partial charge on any atom is 0.413 e. The van der Waals surface area contributed by atoms with E-state index >= 15 is 0 Å². The Morgan fingerprint density at radius 2 is 1.74 bits per heavy atom. The van der Waals surface area contributed by atoms with Gasteiger partial charge in [0, 0.05) is 11.5 Å². The number of esters is 1. The molecule has 15 nitrogen and oxygen atoms in total. The van der Waals surface area contributed by atoms with Crippen molar-refractivity contribution in [2.75, 3.05) is 11.9 Å². The highest BCUT2D eigenvalue weighted by Gasteiger charge is 2.41. The number of rotatable bonds is 9. The number of ether oxygens (including phenoxy) is 2. The summed E-state index contributed by atoms with van der Waals surface area (Å²) in [4.78, 5) is 62.3. The van der Waals surface area contributed by atoms with Gasteiger partial charge in [0.1, 0.15) is 27.3 Å². The average molecular weight is 587 g/mol. The SMILES string of the molecule is CC(C)(C)OC(=O)Nc1nc(/C(=N/OC(C)(C)C(=O)OC(C)(C)C)C(=O)NC2C(=O)N[C@H]2CN=[N+]=[N-])c(Cl)s1. The molecule has 3 amide bonds. The minimum absolute atomic E-state index is 0.0150. The Kier molecular flexibility index (Phi) is 9.76. The standard InChI is InChI=1S/C22H31ClN8O7S/c1-20(2,3)36-17(34)22(7,8)38-30-13(16(33)27-11-10(9-25-31-24)26-15(11)32)12-14(23)39-18(28-12)29-19(35)37-21(4,5)6/h10-11H,9H2,1-8H3,(H,26,32)(H,27,33)(H,28,29,35)/b30-13-/t10-,11?/m0/s1. The van der Waals surface area contributed by atoms with Gasteiger partial charge in [-0.15, -0.1) is 0 Å². The van der Waals surface area contributed by atoms with Gasteiger partial charge in [0.2, 0.25) is 11.5 Å². The number of hydrogen-bond acceptors (Lipinski definition) is 11. The number of nitrogens with zero attached hydrogens (tertiary/aromatic N) is 5. The first-order valence-corrected chi connectivity index (χ1v) is 12.8. The molecule has 0 aromatic carbocycles. The molecule has 1 fully saturated rings. The van der Waals surface area contributed by atoms with Gasteiger partial charge >= 0.3 is 12.1 Å². The molecule has 17 heteroatoms. The normalized spacial score (nSPS) is 17.7. The van der Waals surface area contributed by atoms with Crippen molar-refractivity contribution in [3.05, 3.63) is 20.5 Å². The third-order valence-corrected chi connectivity index (χ3v) is 5.70. The summed E-state index contributed by atoms with van der Waals surface area (Å²) in [7, 11) is 0. The molecule has 2 rings (SSSR count). The van der Waals surface area contributed by atoms with E-state index in [0.29, 0.717) is 0 Å². The molecule has 1 unspecified atom stereocenters. The topological polar surface area (TPSA) is 206 Å². The number of hydrogen-bond donors (Lipinski definition) is 3. The number of carbonyl (C=O) groups is 4. The minimum atomic E-state index is -1.64. The van der Waals surface area contributed by atoms with Crippen LogP contribution in [0.5, 0.6) is 0 Å². The number of aromatic nitrogens is 1. The van der Waals surface area contributed by atoms with Crippen LogP contribution >= 0.6 is 22.9 Å². The lowest BCUT2D eigenvalue weighted by molar-refractivity contribution is -0.179. The Morgan fingerprint density at radius 1 is 1.13 bits per heavy atom. The molecule has 2 atom stereocenters.